The number of rotatable bonds is 4. The van der Waals surface area contributed by atoms with E-state index in [2.05, 4.69) is 58.2 Å². The quantitative estimate of drug-likeness (QED) is 0.298. The molecule has 210 valence electrons. The number of esters is 1. The van der Waals surface area contributed by atoms with Gasteiger partial charge >= 0.3 is 5.97 Å². The van der Waals surface area contributed by atoms with Crippen LogP contribution in [-0.4, -0.2) is 35.3 Å². The molecule has 0 unspecified atom stereocenters. The maximum atomic E-state index is 12.1. The van der Waals surface area contributed by atoms with Gasteiger partial charge in [-0.3, -0.25) is 0 Å². The van der Waals surface area contributed by atoms with Crippen molar-refractivity contribution in [3.63, 3.8) is 0 Å². The molecule has 8 bridgehead atoms. The number of allylic oxidation sites excluding steroid dienone is 12. The smallest absolute Gasteiger partial charge is 0.330 e. The molecule has 0 aromatic heterocycles. The maximum Gasteiger partial charge on any atom is 0.330 e. The zero-order valence-corrected chi connectivity index (χ0v) is 24.8. The monoisotopic (exact) mass is 548 g/mol. The van der Waals surface area contributed by atoms with Gasteiger partial charge in [0.1, 0.15) is 5.76 Å². The van der Waals surface area contributed by atoms with Gasteiger partial charge in [-0.25, -0.2) is 19.8 Å². The van der Waals surface area contributed by atoms with E-state index in [0.717, 1.165) is 86.3 Å². The molecule has 0 saturated carbocycles. The fourth-order valence-corrected chi connectivity index (χ4v) is 6.67. The largest absolute Gasteiger partial charge is 0.511 e. The van der Waals surface area contributed by atoms with Crippen molar-refractivity contribution in [1.82, 2.24) is 5.32 Å². The second kappa shape index (κ2) is 9.98. The SMILES string of the molecule is CCC1=C(C)C2=NC1=CC1=C(C)C3=C(O)CC(=C4NC(=CC5=NC(=C2)C(CC)=C5C)[C@@H](C)[C@@H]4/C=C/C(=O)OC)C3=N1. The number of fused-ring (bicyclic) bond motifs is 5. The van der Waals surface area contributed by atoms with Crippen molar-refractivity contribution in [1.29, 1.82) is 0 Å². The summed E-state index contributed by atoms with van der Waals surface area (Å²) in [7, 11) is 1.38. The minimum atomic E-state index is -0.400. The summed E-state index contributed by atoms with van der Waals surface area (Å²) in [6.07, 6.45) is 11.8. The number of carbonyl (C=O) groups excluding carboxylic acids is 1. The summed E-state index contributed by atoms with van der Waals surface area (Å²) in [6.45, 7) is 12.7. The van der Waals surface area contributed by atoms with E-state index in [1.807, 2.05) is 13.0 Å². The third-order valence-electron chi connectivity index (χ3n) is 9.07. The Morgan fingerprint density at radius 3 is 2.27 bits per heavy atom. The van der Waals surface area contributed by atoms with Gasteiger partial charge in [-0.1, -0.05) is 26.8 Å². The second-order valence-corrected chi connectivity index (χ2v) is 11.3. The molecular formula is C34H36N4O3. The van der Waals surface area contributed by atoms with Gasteiger partial charge in [-0.2, -0.15) is 0 Å². The fourth-order valence-electron chi connectivity index (χ4n) is 6.67. The Kier molecular flexibility index (Phi) is 6.56. The van der Waals surface area contributed by atoms with E-state index in [9.17, 15) is 9.90 Å². The molecule has 41 heavy (non-hydrogen) atoms. The summed E-state index contributed by atoms with van der Waals surface area (Å²) in [5, 5.41) is 14.8. The zero-order valence-electron chi connectivity index (χ0n) is 24.8. The van der Waals surface area contributed by atoms with Crippen LogP contribution in [0.5, 0.6) is 0 Å². The number of aliphatic imine (C=N–C) groups is 3. The van der Waals surface area contributed by atoms with Gasteiger partial charge in [0.2, 0.25) is 0 Å². The Balaban J connectivity index is 1.62. The maximum absolute atomic E-state index is 12.1. The third-order valence-corrected chi connectivity index (χ3v) is 9.07. The van der Waals surface area contributed by atoms with Crippen LogP contribution >= 0.6 is 0 Å². The van der Waals surface area contributed by atoms with Crippen molar-refractivity contribution in [2.45, 2.75) is 60.8 Å². The Bertz CT molecular complexity index is 1690. The van der Waals surface area contributed by atoms with Crippen molar-refractivity contribution < 1.29 is 14.6 Å². The molecule has 7 nitrogen and oxygen atoms in total. The molecule has 7 heteroatoms. The Hall–Kier alpha value is -4.26. The van der Waals surface area contributed by atoms with Crippen molar-refractivity contribution in [2.75, 3.05) is 7.11 Å². The van der Waals surface area contributed by atoms with Gasteiger partial charge < -0.3 is 15.2 Å². The summed E-state index contributed by atoms with van der Waals surface area (Å²) in [5.41, 5.74) is 14.7. The summed E-state index contributed by atoms with van der Waals surface area (Å²) >= 11 is 0. The number of aliphatic hydroxyl groups excluding tert-OH is 1. The van der Waals surface area contributed by atoms with Crippen LogP contribution in [0, 0.1) is 11.8 Å². The molecule has 5 aliphatic heterocycles. The Morgan fingerprint density at radius 1 is 1.00 bits per heavy atom. The van der Waals surface area contributed by atoms with Crippen molar-refractivity contribution in [2.24, 2.45) is 26.8 Å². The van der Waals surface area contributed by atoms with E-state index in [1.165, 1.54) is 24.3 Å². The van der Waals surface area contributed by atoms with E-state index in [1.54, 1.807) is 0 Å². The second-order valence-electron chi connectivity index (χ2n) is 11.3. The average Bonchev–Trinajstić information content (AvgIpc) is 3.70. The molecule has 0 aromatic carbocycles. The van der Waals surface area contributed by atoms with Gasteiger partial charge in [0.05, 0.1) is 41.3 Å². The number of aliphatic hydroxyl groups is 1. The molecular weight excluding hydrogens is 512 g/mol. The Labute approximate surface area is 241 Å². The van der Waals surface area contributed by atoms with Crippen LogP contribution in [0.1, 0.15) is 60.8 Å². The fraction of sp³-hybridized carbons (Fsp3) is 0.353. The van der Waals surface area contributed by atoms with Gasteiger partial charge in [-0.05, 0) is 79.7 Å². The first-order valence-electron chi connectivity index (χ1n) is 14.4. The normalized spacial score (nSPS) is 25.2. The molecule has 1 fully saturated rings. The van der Waals surface area contributed by atoms with Crippen LogP contribution in [0.25, 0.3) is 0 Å². The summed E-state index contributed by atoms with van der Waals surface area (Å²) < 4.78 is 4.89. The lowest BCUT2D eigenvalue weighted by molar-refractivity contribution is -0.134. The molecule has 0 amide bonds. The lowest BCUT2D eigenvalue weighted by Gasteiger charge is -2.13. The van der Waals surface area contributed by atoms with Gasteiger partial charge in [0, 0.05) is 46.9 Å². The number of nitrogens with one attached hydrogen (secondary N) is 1. The van der Waals surface area contributed by atoms with E-state index >= 15 is 0 Å². The molecule has 1 saturated heterocycles. The van der Waals surface area contributed by atoms with Crippen LogP contribution in [0.15, 0.2) is 119 Å². The van der Waals surface area contributed by atoms with Crippen LogP contribution < -0.4 is 5.32 Å². The molecule has 1 aliphatic carbocycles. The third kappa shape index (κ3) is 4.17. The minimum Gasteiger partial charge on any atom is -0.511 e. The molecule has 5 heterocycles. The summed E-state index contributed by atoms with van der Waals surface area (Å²) in [4.78, 5) is 27.3. The number of hydrogen-bond donors (Lipinski definition) is 2. The first kappa shape index (κ1) is 26.9. The predicted octanol–water partition coefficient (Wildman–Crippen LogP) is 6.80. The van der Waals surface area contributed by atoms with Gasteiger partial charge in [-0.15, -0.1) is 0 Å². The van der Waals surface area contributed by atoms with E-state index < -0.39 is 5.97 Å². The van der Waals surface area contributed by atoms with E-state index in [0.29, 0.717) is 12.2 Å². The number of hydrogen-bond acceptors (Lipinski definition) is 7. The van der Waals surface area contributed by atoms with Gasteiger partial charge in [0.25, 0.3) is 0 Å². The van der Waals surface area contributed by atoms with E-state index in [4.69, 9.17) is 19.7 Å². The highest BCUT2D eigenvalue weighted by atomic mass is 16.5. The van der Waals surface area contributed by atoms with Crippen molar-refractivity contribution in [3.8, 4) is 0 Å². The molecule has 6 aliphatic rings. The average molecular weight is 549 g/mol. The number of carbonyl (C=O) groups is 1. The molecule has 0 aromatic rings. The lowest BCUT2D eigenvalue weighted by atomic mass is 9.89. The lowest BCUT2D eigenvalue weighted by Crippen LogP contribution is -2.13. The molecule has 0 radical (unpaired) electrons. The number of ether oxygens (including phenoxy) is 1. The number of methoxy groups -OCH3 is 1. The van der Waals surface area contributed by atoms with Crippen LogP contribution in [0.3, 0.4) is 0 Å². The highest BCUT2D eigenvalue weighted by Gasteiger charge is 2.40. The molecule has 6 rings (SSSR count). The van der Waals surface area contributed by atoms with Crippen molar-refractivity contribution >= 4 is 23.1 Å². The topological polar surface area (TPSA) is 95.6 Å². The molecule has 2 N–H and O–H groups in total. The molecule has 2 atom stereocenters. The predicted molar refractivity (Wildman–Crippen MR) is 163 cm³/mol. The van der Waals surface area contributed by atoms with Crippen LogP contribution in [0.4, 0.5) is 0 Å². The highest BCUT2D eigenvalue weighted by molar-refractivity contribution is 6.21. The van der Waals surface area contributed by atoms with Crippen LogP contribution in [-0.2, 0) is 9.53 Å². The Morgan fingerprint density at radius 2 is 1.63 bits per heavy atom. The van der Waals surface area contributed by atoms with Crippen LogP contribution in [0.2, 0.25) is 0 Å². The molecule has 0 spiro atoms. The first-order chi connectivity index (χ1) is 19.7. The van der Waals surface area contributed by atoms with E-state index in [-0.39, 0.29) is 11.8 Å². The van der Waals surface area contributed by atoms with Gasteiger partial charge in [0.15, 0.2) is 0 Å². The zero-order chi connectivity index (χ0) is 29.2. The summed E-state index contributed by atoms with van der Waals surface area (Å²) in [6, 6.07) is 0. The minimum absolute atomic E-state index is 0.0317. The summed E-state index contributed by atoms with van der Waals surface area (Å²) in [5.74, 6) is -0.181. The highest BCUT2D eigenvalue weighted by Crippen LogP contribution is 2.45. The standard InChI is InChI=1S/C34H36N4O3/c1-8-20-16(3)24-13-26-18(5)22(10-11-31(40)41-7)33(37-26)23-12-30(39)32-19(6)27(38-34(23)32)15-29-21(9-2)17(4)25(36-29)14-28(20)35-24/h10-11,13-15,18,22,37,39H,8-9,12H2,1-7H3/b11-10+,26-13?,28-14?,29-15?,33-23?/t18-,22-/m0/s1. The first-order valence-corrected chi connectivity index (χ1v) is 14.4. The number of nitrogens with zero attached hydrogens (tertiary/aromatic N) is 3. The van der Waals surface area contributed by atoms with Crippen molar-refractivity contribution in [3.05, 3.63) is 104 Å².